The maximum atomic E-state index is 5.38. The van der Waals surface area contributed by atoms with E-state index < -0.39 is 0 Å². The number of hydrogen-bond donors (Lipinski definition) is 1. The van der Waals surface area contributed by atoms with Crippen LogP contribution in [0.5, 0.6) is 0 Å². The van der Waals surface area contributed by atoms with E-state index in [4.69, 9.17) is 9.72 Å². The summed E-state index contributed by atoms with van der Waals surface area (Å²) in [5.41, 5.74) is 5.77. The van der Waals surface area contributed by atoms with Gasteiger partial charge in [0.2, 0.25) is 0 Å². The molecule has 2 aromatic rings. The molecule has 0 amide bonds. The molecule has 2 atom stereocenters. The Hall–Kier alpha value is -2.27. The highest BCUT2D eigenvalue weighted by molar-refractivity contribution is 5.70. The zero-order valence-electron chi connectivity index (χ0n) is 13.2. The first-order valence-corrected chi connectivity index (χ1v) is 8.25. The van der Waals surface area contributed by atoms with Crippen molar-refractivity contribution in [1.29, 1.82) is 0 Å². The van der Waals surface area contributed by atoms with E-state index in [1.165, 1.54) is 17.7 Å². The van der Waals surface area contributed by atoms with E-state index in [1.54, 1.807) is 6.26 Å². The third kappa shape index (κ3) is 2.07. The molecular formula is C18H20N4O. The number of hydrogen-bond acceptors (Lipinski definition) is 4. The minimum absolute atomic E-state index is 0.591. The zero-order chi connectivity index (χ0) is 15.4. The van der Waals surface area contributed by atoms with Crippen LogP contribution in [0.15, 0.2) is 36.9 Å². The molecular weight excluding hydrogens is 288 g/mol. The second-order valence-electron chi connectivity index (χ2n) is 6.71. The van der Waals surface area contributed by atoms with Crippen molar-refractivity contribution in [2.45, 2.75) is 25.4 Å². The summed E-state index contributed by atoms with van der Waals surface area (Å²) in [7, 11) is 0. The Morgan fingerprint density at radius 3 is 3.04 bits per heavy atom. The zero-order valence-corrected chi connectivity index (χ0v) is 13.2. The third-order valence-corrected chi connectivity index (χ3v) is 5.17. The Balaban J connectivity index is 1.56. The van der Waals surface area contributed by atoms with E-state index in [2.05, 4.69) is 46.1 Å². The number of fused-ring (bicyclic) bond motifs is 3. The number of pyridine rings is 1. The molecule has 0 aliphatic carbocycles. The molecule has 0 saturated carbocycles. The standard InChI is InChI=1S/C18H20N4O/c1-12-8-21-10-16(13-3-2-4-23-11-13)20-18(21)6-17(12)22-9-14-5-15(22)7-19-14/h2-4,6,8,10,14-15,19H,5,7,9,11H2,1H3/t14-,15-/m0/s1. The average molecular weight is 308 g/mol. The van der Waals surface area contributed by atoms with Gasteiger partial charge >= 0.3 is 0 Å². The Labute approximate surface area is 135 Å². The number of nitrogens with one attached hydrogen (secondary N) is 1. The Bertz CT molecular complexity index is 835. The normalized spacial score (nSPS) is 26.0. The lowest BCUT2D eigenvalue weighted by Crippen LogP contribution is -2.43. The molecule has 2 fully saturated rings. The maximum absolute atomic E-state index is 5.38. The second kappa shape index (κ2) is 4.86. The Kier molecular flexibility index (Phi) is 2.79. The molecule has 118 valence electrons. The van der Waals surface area contributed by atoms with Crippen LogP contribution in [-0.2, 0) is 4.74 Å². The van der Waals surface area contributed by atoms with Gasteiger partial charge in [-0.05, 0) is 25.0 Å². The molecule has 3 aliphatic heterocycles. The minimum Gasteiger partial charge on any atom is -0.496 e. The molecule has 5 nitrogen and oxygen atoms in total. The number of nitrogens with zero attached hydrogens (tertiary/aromatic N) is 3. The summed E-state index contributed by atoms with van der Waals surface area (Å²) < 4.78 is 7.51. The highest BCUT2D eigenvalue weighted by Gasteiger charge is 2.38. The molecule has 0 aromatic carbocycles. The molecule has 0 spiro atoms. The molecule has 0 unspecified atom stereocenters. The van der Waals surface area contributed by atoms with Gasteiger partial charge in [0.1, 0.15) is 12.3 Å². The van der Waals surface area contributed by atoms with Crippen LogP contribution in [0.4, 0.5) is 5.69 Å². The molecule has 5 heterocycles. The van der Waals surface area contributed by atoms with Crippen LogP contribution >= 0.6 is 0 Å². The number of piperazine rings is 1. The van der Waals surface area contributed by atoms with E-state index in [9.17, 15) is 0 Å². The smallest absolute Gasteiger partial charge is 0.139 e. The topological polar surface area (TPSA) is 41.8 Å². The lowest BCUT2D eigenvalue weighted by molar-refractivity contribution is 0.292. The van der Waals surface area contributed by atoms with E-state index in [0.717, 1.165) is 30.0 Å². The SMILES string of the molecule is Cc1cn2cc(C3=CC=COC3)nc2cc1N1C[C@@H]2C[C@H]1CN2. The van der Waals surface area contributed by atoms with Crippen molar-refractivity contribution in [2.24, 2.45) is 0 Å². The molecule has 2 bridgehead atoms. The summed E-state index contributed by atoms with van der Waals surface area (Å²) in [5, 5.41) is 3.57. The van der Waals surface area contributed by atoms with Crippen LogP contribution in [0, 0.1) is 6.92 Å². The van der Waals surface area contributed by atoms with Crippen molar-refractivity contribution in [2.75, 3.05) is 24.6 Å². The van der Waals surface area contributed by atoms with Gasteiger partial charge in [0.15, 0.2) is 0 Å². The summed E-state index contributed by atoms with van der Waals surface area (Å²) in [6.07, 6.45) is 11.3. The predicted octanol–water partition coefficient (Wildman–Crippen LogP) is 2.12. The molecule has 0 radical (unpaired) electrons. The fraction of sp³-hybridized carbons (Fsp3) is 0.389. The number of anilines is 1. The summed E-state index contributed by atoms with van der Waals surface area (Å²) >= 11 is 0. The van der Waals surface area contributed by atoms with Crippen LogP contribution in [0.1, 0.15) is 17.7 Å². The van der Waals surface area contributed by atoms with Gasteiger partial charge in [-0.15, -0.1) is 0 Å². The van der Waals surface area contributed by atoms with Gasteiger partial charge in [-0.2, -0.15) is 0 Å². The fourth-order valence-corrected chi connectivity index (χ4v) is 4.01. The summed E-state index contributed by atoms with van der Waals surface area (Å²) in [5.74, 6) is 0. The van der Waals surface area contributed by atoms with Gasteiger partial charge in [0, 0.05) is 54.9 Å². The van der Waals surface area contributed by atoms with Gasteiger partial charge in [-0.25, -0.2) is 4.98 Å². The molecule has 1 N–H and O–H groups in total. The van der Waals surface area contributed by atoms with E-state index >= 15 is 0 Å². The quantitative estimate of drug-likeness (QED) is 0.923. The number of aromatic nitrogens is 2. The third-order valence-electron chi connectivity index (χ3n) is 5.17. The monoisotopic (exact) mass is 308 g/mol. The lowest BCUT2D eigenvalue weighted by atomic mass is 10.2. The van der Waals surface area contributed by atoms with Crippen LogP contribution in [0.3, 0.4) is 0 Å². The fourth-order valence-electron chi connectivity index (χ4n) is 4.01. The van der Waals surface area contributed by atoms with Gasteiger partial charge in [-0.3, -0.25) is 0 Å². The van der Waals surface area contributed by atoms with Gasteiger partial charge in [0.05, 0.1) is 12.0 Å². The van der Waals surface area contributed by atoms with Crippen molar-refractivity contribution in [3.05, 3.63) is 48.1 Å². The summed E-state index contributed by atoms with van der Waals surface area (Å²) in [4.78, 5) is 7.36. The number of rotatable bonds is 2. The molecule has 2 saturated heterocycles. The van der Waals surface area contributed by atoms with Crippen molar-refractivity contribution in [3.8, 4) is 0 Å². The van der Waals surface area contributed by atoms with E-state index in [1.807, 2.05) is 6.08 Å². The average Bonchev–Trinajstić information content (AvgIpc) is 3.29. The Morgan fingerprint density at radius 1 is 1.35 bits per heavy atom. The Morgan fingerprint density at radius 2 is 2.30 bits per heavy atom. The number of imidazole rings is 1. The molecule has 2 aromatic heterocycles. The molecule has 5 heteroatoms. The van der Waals surface area contributed by atoms with Crippen LogP contribution in [0.2, 0.25) is 0 Å². The maximum Gasteiger partial charge on any atom is 0.139 e. The highest BCUT2D eigenvalue weighted by Crippen LogP contribution is 2.32. The first-order chi connectivity index (χ1) is 11.3. The van der Waals surface area contributed by atoms with Gasteiger partial charge in [0.25, 0.3) is 0 Å². The van der Waals surface area contributed by atoms with Crippen molar-refractivity contribution >= 4 is 16.9 Å². The van der Waals surface area contributed by atoms with Gasteiger partial charge < -0.3 is 19.4 Å². The second-order valence-corrected chi connectivity index (χ2v) is 6.71. The largest absolute Gasteiger partial charge is 0.496 e. The van der Waals surface area contributed by atoms with Gasteiger partial charge in [-0.1, -0.05) is 6.08 Å². The number of allylic oxidation sites excluding steroid dienone is 2. The molecule has 3 aliphatic rings. The molecule has 23 heavy (non-hydrogen) atoms. The first-order valence-electron chi connectivity index (χ1n) is 8.25. The highest BCUT2D eigenvalue weighted by atomic mass is 16.5. The number of aryl methyl sites for hydroxylation is 1. The van der Waals surface area contributed by atoms with Crippen molar-refractivity contribution < 1.29 is 4.74 Å². The van der Waals surface area contributed by atoms with Crippen molar-refractivity contribution in [3.63, 3.8) is 0 Å². The summed E-state index contributed by atoms with van der Waals surface area (Å²) in [6, 6.07) is 3.53. The number of ether oxygens (including phenoxy) is 1. The van der Waals surface area contributed by atoms with Crippen LogP contribution in [0.25, 0.3) is 11.2 Å². The van der Waals surface area contributed by atoms with Crippen LogP contribution in [-0.4, -0.2) is 41.2 Å². The molecule has 5 rings (SSSR count). The predicted molar refractivity (Wildman–Crippen MR) is 90.5 cm³/mol. The first kappa shape index (κ1) is 13.2. The van der Waals surface area contributed by atoms with Crippen molar-refractivity contribution in [1.82, 2.24) is 14.7 Å². The van der Waals surface area contributed by atoms with E-state index in [-0.39, 0.29) is 0 Å². The summed E-state index contributed by atoms with van der Waals surface area (Å²) in [6.45, 7) is 5.00. The van der Waals surface area contributed by atoms with E-state index in [0.29, 0.717) is 18.7 Å². The van der Waals surface area contributed by atoms with Crippen LogP contribution < -0.4 is 10.2 Å². The minimum atomic E-state index is 0.591. The lowest BCUT2D eigenvalue weighted by Gasteiger charge is -2.30.